The number of aromatic nitrogens is 3. The summed E-state index contributed by atoms with van der Waals surface area (Å²) < 4.78 is 84.2. The Morgan fingerprint density at radius 1 is 1.15 bits per heavy atom. The molecule has 3 heterocycles. The normalized spacial score (nSPS) is 15.4. The molecule has 3 rings (SSSR count). The molecule has 1 aliphatic heterocycles. The zero-order valence-corrected chi connectivity index (χ0v) is 22.0. The molecule has 0 aliphatic carbocycles. The second kappa shape index (κ2) is 12.9. The van der Waals surface area contributed by atoms with Gasteiger partial charge in [-0.15, -0.1) is 0 Å². The number of piperazine rings is 1. The number of nitrogens with one attached hydrogen (secondary N) is 2. The number of rotatable bonds is 10. The lowest BCUT2D eigenvalue weighted by Crippen LogP contribution is -2.49. The fraction of sp³-hybridized carbons (Fsp3) is 0.565. The van der Waals surface area contributed by atoms with E-state index >= 15 is 0 Å². The van der Waals surface area contributed by atoms with Crippen molar-refractivity contribution in [2.45, 2.75) is 37.5 Å². The Balaban J connectivity index is 1.46. The van der Waals surface area contributed by atoms with E-state index in [9.17, 15) is 35.9 Å². The van der Waals surface area contributed by atoms with E-state index in [0.29, 0.717) is 43.3 Å². The van der Waals surface area contributed by atoms with Crippen LogP contribution in [-0.4, -0.2) is 77.7 Å². The molecule has 0 unspecified atom stereocenters. The molecule has 0 saturated carbocycles. The zero-order valence-electron chi connectivity index (χ0n) is 21.2. The summed E-state index contributed by atoms with van der Waals surface area (Å²) in [7, 11) is 0. The fourth-order valence-electron chi connectivity index (χ4n) is 4.05. The number of ether oxygens (including phenoxy) is 1. The number of anilines is 2. The molecule has 1 atom stereocenters. The molecule has 1 aliphatic rings. The second-order valence-electron chi connectivity index (χ2n) is 8.86. The van der Waals surface area contributed by atoms with E-state index in [1.165, 1.54) is 11.8 Å². The summed E-state index contributed by atoms with van der Waals surface area (Å²) in [5.41, 5.74) is -3.54. The van der Waals surface area contributed by atoms with Gasteiger partial charge in [-0.1, -0.05) is 0 Å². The third-order valence-corrected chi connectivity index (χ3v) is 6.47. The van der Waals surface area contributed by atoms with Gasteiger partial charge in [0.15, 0.2) is 0 Å². The minimum absolute atomic E-state index is 0.0248. The standard InChI is InChI=1S/C23H28F6N6O3S/c1-14(32-17-11-31-33-21(37)19(17)23(27,28)29)12-38-8-3-18(36)34-4-6-35(7-5-34)20-15(13-39-2)9-16(10-30-20)22(24,25)26/h9-11,14H,3-8,12-13H2,1-2H3,(H2,32,33,37)/t14-/m0/s1. The molecule has 1 saturated heterocycles. The number of alkyl halides is 6. The minimum atomic E-state index is -4.87. The third-order valence-electron chi connectivity index (χ3n) is 5.87. The van der Waals surface area contributed by atoms with Gasteiger partial charge in [0, 0.05) is 49.7 Å². The Bertz CT molecular complexity index is 1180. The van der Waals surface area contributed by atoms with Crippen molar-refractivity contribution in [3.8, 4) is 0 Å². The first-order valence-electron chi connectivity index (χ1n) is 11.9. The number of nitrogens with zero attached hydrogens (tertiary/aromatic N) is 4. The molecule has 1 amide bonds. The first-order valence-corrected chi connectivity index (χ1v) is 13.3. The maximum atomic E-state index is 13.2. The summed E-state index contributed by atoms with van der Waals surface area (Å²) in [6.45, 7) is 3.08. The lowest BCUT2D eigenvalue weighted by Gasteiger charge is -2.36. The molecule has 16 heteroatoms. The van der Waals surface area contributed by atoms with Crippen molar-refractivity contribution < 1.29 is 35.9 Å². The smallest absolute Gasteiger partial charge is 0.379 e. The fourth-order valence-corrected chi connectivity index (χ4v) is 4.57. The van der Waals surface area contributed by atoms with Crippen LogP contribution >= 0.6 is 11.8 Å². The molecule has 216 valence electrons. The summed E-state index contributed by atoms with van der Waals surface area (Å²) >= 11 is 1.39. The topological polar surface area (TPSA) is 103 Å². The molecule has 2 aromatic heterocycles. The van der Waals surface area contributed by atoms with Gasteiger partial charge >= 0.3 is 12.4 Å². The number of thioether (sulfide) groups is 1. The molecule has 0 radical (unpaired) electrons. The first-order chi connectivity index (χ1) is 18.3. The van der Waals surface area contributed by atoms with Crippen molar-refractivity contribution >= 4 is 29.2 Å². The number of hydrogen-bond donors (Lipinski definition) is 2. The maximum absolute atomic E-state index is 13.2. The summed E-state index contributed by atoms with van der Waals surface area (Å²) in [6, 6.07) is 0.500. The molecule has 2 aromatic rings. The highest BCUT2D eigenvalue weighted by atomic mass is 32.2. The summed E-state index contributed by atoms with van der Waals surface area (Å²) in [4.78, 5) is 31.7. The Hall–Kier alpha value is -3.01. The van der Waals surface area contributed by atoms with E-state index in [1.807, 2.05) is 4.90 Å². The molecule has 0 spiro atoms. The first kappa shape index (κ1) is 30.5. The monoisotopic (exact) mass is 582 g/mol. The third kappa shape index (κ3) is 8.24. The largest absolute Gasteiger partial charge is 0.423 e. The van der Waals surface area contributed by atoms with E-state index < -0.39 is 40.8 Å². The number of halogens is 6. The number of hydrogen-bond acceptors (Lipinski definition) is 8. The van der Waals surface area contributed by atoms with Gasteiger partial charge in [0.25, 0.3) is 5.56 Å². The van der Waals surface area contributed by atoms with Crippen LogP contribution in [0.15, 0.2) is 23.3 Å². The highest BCUT2D eigenvalue weighted by Gasteiger charge is 2.37. The van der Waals surface area contributed by atoms with Gasteiger partial charge < -0.3 is 19.9 Å². The SMILES string of the molecule is CSCc1cc(C(F)(F)F)cnc1N1CCN(C(=O)CCOC[C@H](C)Nc2cn[nH]c(=O)c2C(F)(F)F)CC1. The van der Waals surface area contributed by atoms with Gasteiger partial charge in [-0.25, -0.2) is 10.1 Å². The van der Waals surface area contributed by atoms with Crippen LogP contribution in [0.4, 0.5) is 37.8 Å². The second-order valence-corrected chi connectivity index (χ2v) is 9.73. The van der Waals surface area contributed by atoms with Gasteiger partial charge in [0.1, 0.15) is 11.4 Å². The molecule has 39 heavy (non-hydrogen) atoms. The van der Waals surface area contributed by atoms with E-state index in [0.717, 1.165) is 18.5 Å². The van der Waals surface area contributed by atoms with Gasteiger partial charge in [-0.05, 0) is 19.2 Å². The average Bonchev–Trinajstić information content (AvgIpc) is 2.85. The van der Waals surface area contributed by atoms with E-state index in [2.05, 4.69) is 15.4 Å². The number of amides is 1. The Morgan fingerprint density at radius 3 is 2.46 bits per heavy atom. The molecule has 0 bridgehead atoms. The number of pyridine rings is 1. The molecular formula is C23H28F6N6O3S. The summed E-state index contributed by atoms with van der Waals surface area (Å²) in [5, 5.41) is 7.70. The predicted molar refractivity (Wildman–Crippen MR) is 134 cm³/mol. The van der Waals surface area contributed by atoms with E-state index in [-0.39, 0.29) is 25.5 Å². The van der Waals surface area contributed by atoms with Gasteiger partial charge in [0.2, 0.25) is 5.91 Å². The summed E-state index contributed by atoms with van der Waals surface area (Å²) in [6.07, 6.45) is -5.82. The van der Waals surface area contributed by atoms with Crippen LogP contribution in [0, 0.1) is 0 Å². The molecule has 0 aromatic carbocycles. The highest BCUT2D eigenvalue weighted by Crippen LogP contribution is 2.33. The van der Waals surface area contributed by atoms with E-state index in [4.69, 9.17) is 4.74 Å². The molecule has 1 fully saturated rings. The average molecular weight is 583 g/mol. The lowest BCUT2D eigenvalue weighted by atomic mass is 10.1. The van der Waals surface area contributed by atoms with Crippen molar-refractivity contribution in [1.82, 2.24) is 20.1 Å². The Labute approximate surface area is 224 Å². The van der Waals surface area contributed by atoms with Crippen LogP contribution in [0.3, 0.4) is 0 Å². The van der Waals surface area contributed by atoms with Crippen molar-refractivity contribution in [3.05, 3.63) is 45.5 Å². The quantitative estimate of drug-likeness (QED) is 0.324. The number of carbonyl (C=O) groups is 1. The van der Waals surface area contributed by atoms with Crippen molar-refractivity contribution in [2.75, 3.05) is 55.9 Å². The minimum Gasteiger partial charge on any atom is -0.379 e. The van der Waals surface area contributed by atoms with Gasteiger partial charge in [-0.3, -0.25) is 9.59 Å². The highest BCUT2D eigenvalue weighted by molar-refractivity contribution is 7.97. The van der Waals surface area contributed by atoms with Crippen LogP contribution < -0.4 is 15.8 Å². The van der Waals surface area contributed by atoms with Crippen molar-refractivity contribution in [3.63, 3.8) is 0 Å². The summed E-state index contributed by atoms with van der Waals surface area (Å²) in [5.74, 6) is 0.654. The van der Waals surface area contributed by atoms with Crippen LogP contribution in [0.5, 0.6) is 0 Å². The van der Waals surface area contributed by atoms with Gasteiger partial charge in [-0.2, -0.15) is 43.2 Å². The van der Waals surface area contributed by atoms with Crippen LogP contribution in [-0.2, 0) is 27.6 Å². The van der Waals surface area contributed by atoms with Crippen LogP contribution in [0.25, 0.3) is 0 Å². The number of H-pyrrole nitrogens is 1. The Morgan fingerprint density at radius 2 is 1.85 bits per heavy atom. The van der Waals surface area contributed by atoms with Crippen molar-refractivity contribution in [1.29, 1.82) is 0 Å². The van der Waals surface area contributed by atoms with E-state index in [1.54, 1.807) is 23.2 Å². The predicted octanol–water partition coefficient (Wildman–Crippen LogP) is 3.62. The molecule has 2 N–H and O–H groups in total. The zero-order chi connectivity index (χ0) is 28.8. The lowest BCUT2D eigenvalue weighted by molar-refractivity contribution is -0.138. The number of carbonyl (C=O) groups excluding carboxylic acids is 1. The van der Waals surface area contributed by atoms with Crippen LogP contribution in [0.1, 0.15) is 30.0 Å². The Kier molecular flexibility index (Phi) is 10.1. The molecule has 9 nitrogen and oxygen atoms in total. The van der Waals surface area contributed by atoms with Gasteiger partial charge in [0.05, 0.1) is 37.1 Å². The maximum Gasteiger partial charge on any atom is 0.423 e. The van der Waals surface area contributed by atoms with Crippen molar-refractivity contribution in [2.24, 2.45) is 0 Å². The number of aromatic amines is 1. The molecular weight excluding hydrogens is 554 g/mol. The van der Waals surface area contributed by atoms with Crippen LogP contribution in [0.2, 0.25) is 0 Å².